The lowest BCUT2D eigenvalue weighted by atomic mass is 9.80. The molecule has 2 aliphatic rings. The van der Waals surface area contributed by atoms with Crippen LogP contribution in [-0.2, 0) is 4.79 Å². The first kappa shape index (κ1) is 13.7. The third-order valence-electron chi connectivity index (χ3n) is 4.15. The Balaban J connectivity index is 1.93. The van der Waals surface area contributed by atoms with E-state index in [4.69, 9.17) is 0 Å². The average Bonchev–Trinajstić information content (AvgIpc) is 2.38. The highest BCUT2D eigenvalue weighted by molar-refractivity contribution is 5.79. The van der Waals surface area contributed by atoms with Crippen LogP contribution in [0.15, 0.2) is 0 Å². The molecule has 0 aromatic rings. The number of amides is 1. The second kappa shape index (κ2) is 5.49. The lowest BCUT2D eigenvalue weighted by Crippen LogP contribution is -2.42. The van der Waals surface area contributed by atoms with Crippen LogP contribution in [0.2, 0.25) is 0 Å². The van der Waals surface area contributed by atoms with Crippen molar-refractivity contribution < 1.29 is 18.0 Å². The average molecular weight is 263 g/mol. The molecule has 0 radical (unpaired) electrons. The van der Waals surface area contributed by atoms with Crippen LogP contribution < -0.4 is 0 Å². The molecule has 0 spiro atoms. The van der Waals surface area contributed by atoms with Crippen LogP contribution in [0.25, 0.3) is 0 Å². The van der Waals surface area contributed by atoms with E-state index in [9.17, 15) is 18.0 Å². The first-order chi connectivity index (χ1) is 8.48. The predicted molar refractivity (Wildman–Crippen MR) is 61.9 cm³/mol. The van der Waals surface area contributed by atoms with E-state index in [1.54, 1.807) is 4.90 Å². The first-order valence-corrected chi connectivity index (χ1v) is 6.84. The zero-order valence-corrected chi connectivity index (χ0v) is 10.5. The maximum Gasteiger partial charge on any atom is 0.391 e. The largest absolute Gasteiger partial charge is 0.391 e. The van der Waals surface area contributed by atoms with Crippen LogP contribution in [0.4, 0.5) is 13.2 Å². The van der Waals surface area contributed by atoms with Crippen molar-refractivity contribution in [2.45, 2.75) is 51.1 Å². The van der Waals surface area contributed by atoms with E-state index in [1.165, 1.54) is 0 Å². The van der Waals surface area contributed by atoms with Gasteiger partial charge in [0.1, 0.15) is 0 Å². The zero-order chi connectivity index (χ0) is 13.2. The minimum Gasteiger partial charge on any atom is -0.342 e. The molecule has 1 saturated carbocycles. The standard InChI is InChI=1S/C13H20F3NO/c14-13(15,16)11-6-4-5-10(9-11)12(18)17-7-2-1-3-8-17/h10-11H,1-9H2. The maximum atomic E-state index is 12.7. The van der Waals surface area contributed by atoms with Gasteiger partial charge in [-0.2, -0.15) is 13.2 Å². The van der Waals surface area contributed by atoms with Crippen molar-refractivity contribution in [2.24, 2.45) is 11.8 Å². The molecule has 0 aromatic heterocycles. The molecular formula is C13H20F3NO. The number of halogens is 3. The van der Waals surface area contributed by atoms with Crippen molar-refractivity contribution in [2.75, 3.05) is 13.1 Å². The van der Waals surface area contributed by atoms with Gasteiger partial charge in [-0.15, -0.1) is 0 Å². The van der Waals surface area contributed by atoms with E-state index >= 15 is 0 Å². The lowest BCUT2D eigenvalue weighted by Gasteiger charge is -2.35. The van der Waals surface area contributed by atoms with E-state index in [-0.39, 0.29) is 18.7 Å². The van der Waals surface area contributed by atoms with Gasteiger partial charge in [0.15, 0.2) is 0 Å². The van der Waals surface area contributed by atoms with E-state index < -0.39 is 18.0 Å². The maximum absolute atomic E-state index is 12.7. The molecule has 1 saturated heterocycles. The van der Waals surface area contributed by atoms with Gasteiger partial charge in [0, 0.05) is 19.0 Å². The summed E-state index contributed by atoms with van der Waals surface area (Å²) in [6, 6.07) is 0. The summed E-state index contributed by atoms with van der Waals surface area (Å²) in [5, 5.41) is 0. The highest BCUT2D eigenvalue weighted by Crippen LogP contribution is 2.40. The van der Waals surface area contributed by atoms with Crippen LogP contribution in [0.3, 0.4) is 0 Å². The molecule has 2 atom stereocenters. The number of carbonyl (C=O) groups is 1. The fraction of sp³-hybridized carbons (Fsp3) is 0.923. The zero-order valence-electron chi connectivity index (χ0n) is 10.5. The Morgan fingerprint density at radius 2 is 1.67 bits per heavy atom. The minimum atomic E-state index is -4.14. The summed E-state index contributed by atoms with van der Waals surface area (Å²) >= 11 is 0. The highest BCUT2D eigenvalue weighted by atomic mass is 19.4. The number of alkyl halides is 3. The fourth-order valence-corrected chi connectivity index (χ4v) is 3.08. The summed E-state index contributed by atoms with van der Waals surface area (Å²) in [6.07, 6.45) is 0.297. The molecular weight excluding hydrogens is 243 g/mol. The SMILES string of the molecule is O=C(C1CCCC(C(F)(F)F)C1)N1CCCCC1. The van der Waals surface area contributed by atoms with E-state index in [2.05, 4.69) is 0 Å². The monoisotopic (exact) mass is 263 g/mol. The summed E-state index contributed by atoms with van der Waals surface area (Å²) in [5.74, 6) is -1.71. The second-order valence-electron chi connectivity index (χ2n) is 5.49. The lowest BCUT2D eigenvalue weighted by molar-refractivity contribution is -0.187. The number of carbonyl (C=O) groups excluding carboxylic acids is 1. The molecule has 18 heavy (non-hydrogen) atoms. The molecule has 1 amide bonds. The Labute approximate surface area is 106 Å². The third-order valence-corrected chi connectivity index (χ3v) is 4.15. The van der Waals surface area contributed by atoms with Crippen molar-refractivity contribution in [1.29, 1.82) is 0 Å². The Kier molecular flexibility index (Phi) is 4.17. The molecule has 2 rings (SSSR count). The molecule has 0 aromatic carbocycles. The van der Waals surface area contributed by atoms with Crippen LogP contribution in [0.1, 0.15) is 44.9 Å². The number of nitrogens with zero attached hydrogens (tertiary/aromatic N) is 1. The second-order valence-corrected chi connectivity index (χ2v) is 5.49. The number of rotatable bonds is 1. The van der Waals surface area contributed by atoms with Crippen molar-refractivity contribution >= 4 is 5.91 Å². The van der Waals surface area contributed by atoms with Crippen LogP contribution >= 0.6 is 0 Å². The van der Waals surface area contributed by atoms with Crippen molar-refractivity contribution in [3.05, 3.63) is 0 Å². The van der Waals surface area contributed by atoms with Crippen LogP contribution in [-0.4, -0.2) is 30.1 Å². The molecule has 2 unspecified atom stereocenters. The normalized spacial score (nSPS) is 30.3. The van der Waals surface area contributed by atoms with Crippen molar-refractivity contribution in [1.82, 2.24) is 4.90 Å². The Bertz CT molecular complexity index is 297. The summed E-state index contributed by atoms with van der Waals surface area (Å²) in [7, 11) is 0. The number of piperidine rings is 1. The number of likely N-dealkylation sites (tertiary alicyclic amines) is 1. The summed E-state index contributed by atoms with van der Waals surface area (Å²) in [6.45, 7) is 1.46. The third kappa shape index (κ3) is 3.18. The van der Waals surface area contributed by atoms with E-state index in [1.807, 2.05) is 0 Å². The fourth-order valence-electron chi connectivity index (χ4n) is 3.08. The van der Waals surface area contributed by atoms with Gasteiger partial charge in [-0.1, -0.05) is 6.42 Å². The molecule has 5 heteroatoms. The Morgan fingerprint density at radius 1 is 1.00 bits per heavy atom. The number of hydrogen-bond acceptors (Lipinski definition) is 1. The Morgan fingerprint density at radius 3 is 2.28 bits per heavy atom. The molecule has 0 bridgehead atoms. The molecule has 104 valence electrons. The van der Waals surface area contributed by atoms with E-state index in [0.717, 1.165) is 32.4 Å². The van der Waals surface area contributed by atoms with Gasteiger partial charge >= 0.3 is 6.18 Å². The highest BCUT2D eigenvalue weighted by Gasteiger charge is 2.44. The predicted octanol–water partition coefficient (Wildman–Crippen LogP) is 3.37. The molecule has 2 nitrogen and oxygen atoms in total. The number of hydrogen-bond donors (Lipinski definition) is 0. The molecule has 1 heterocycles. The van der Waals surface area contributed by atoms with Gasteiger partial charge < -0.3 is 4.90 Å². The topological polar surface area (TPSA) is 20.3 Å². The van der Waals surface area contributed by atoms with Gasteiger partial charge in [-0.05, 0) is 38.5 Å². The molecule has 1 aliphatic carbocycles. The summed E-state index contributed by atoms with van der Waals surface area (Å²) in [5.41, 5.74) is 0. The molecule has 2 fully saturated rings. The van der Waals surface area contributed by atoms with Crippen LogP contribution in [0, 0.1) is 11.8 Å². The van der Waals surface area contributed by atoms with Gasteiger partial charge in [0.05, 0.1) is 5.92 Å². The smallest absolute Gasteiger partial charge is 0.342 e. The van der Waals surface area contributed by atoms with Crippen molar-refractivity contribution in [3.63, 3.8) is 0 Å². The minimum absolute atomic E-state index is 0.00116. The Hall–Kier alpha value is -0.740. The van der Waals surface area contributed by atoms with Gasteiger partial charge in [0.2, 0.25) is 5.91 Å². The quantitative estimate of drug-likeness (QED) is 0.710. The molecule has 0 N–H and O–H groups in total. The first-order valence-electron chi connectivity index (χ1n) is 6.84. The van der Waals surface area contributed by atoms with E-state index in [0.29, 0.717) is 12.8 Å². The van der Waals surface area contributed by atoms with Crippen molar-refractivity contribution in [3.8, 4) is 0 Å². The van der Waals surface area contributed by atoms with Crippen LogP contribution in [0.5, 0.6) is 0 Å². The molecule has 1 aliphatic heterocycles. The summed E-state index contributed by atoms with van der Waals surface area (Å²) < 4.78 is 38.1. The van der Waals surface area contributed by atoms with Gasteiger partial charge in [-0.3, -0.25) is 4.79 Å². The van der Waals surface area contributed by atoms with Gasteiger partial charge in [0.25, 0.3) is 0 Å². The summed E-state index contributed by atoms with van der Waals surface area (Å²) in [4.78, 5) is 14.0. The van der Waals surface area contributed by atoms with Gasteiger partial charge in [-0.25, -0.2) is 0 Å².